The second kappa shape index (κ2) is 40.1. The van der Waals surface area contributed by atoms with Crippen LogP contribution in [0.15, 0.2) is 180 Å². The fraction of sp³-hybridized carbons (Fsp3) is 0.570. The van der Waals surface area contributed by atoms with Gasteiger partial charge < -0.3 is 24.0 Å². The molecular formula is C93H115B29F2N5O4. The van der Waals surface area contributed by atoms with Gasteiger partial charge >= 0.3 is 0 Å². The Balaban J connectivity index is 0.000000135. The van der Waals surface area contributed by atoms with Gasteiger partial charge in [-0.05, 0) is 310 Å². The van der Waals surface area contributed by atoms with Crippen LogP contribution in [0.2, 0.25) is 0 Å². The number of hydrogen-bond donors (Lipinski definition) is 0. The molecule has 3 saturated heterocycles. The lowest BCUT2D eigenvalue weighted by molar-refractivity contribution is -0.146. The second-order valence-corrected chi connectivity index (χ2v) is 43.1. The van der Waals surface area contributed by atoms with Crippen LogP contribution in [0.5, 0.6) is 0 Å². The predicted octanol–water partition coefficient (Wildman–Crippen LogP) is 10.4. The highest BCUT2D eigenvalue weighted by atomic mass is 19.1. The quantitative estimate of drug-likeness (QED) is 0.0617. The molecule has 6 unspecified atom stereocenters. The summed E-state index contributed by atoms with van der Waals surface area (Å²) < 4.78 is 48.1. The molecule has 637 valence electrons. The predicted molar refractivity (Wildman–Crippen MR) is 584 cm³/mol. The molecule has 133 heavy (non-hydrogen) atoms. The minimum Gasteiger partial charge on any atom is -0.359 e. The fourth-order valence-electron chi connectivity index (χ4n) is 30.3. The Hall–Kier alpha value is -4.46. The van der Waals surface area contributed by atoms with Crippen molar-refractivity contribution in [1.82, 2.24) is 24.8 Å². The number of halogens is 2. The molecule has 9 aliphatic carbocycles. The molecule has 9 fully saturated rings. The average molecular weight is 1720 g/mol. The van der Waals surface area contributed by atoms with Gasteiger partial charge in [-0.2, -0.15) is 0 Å². The molecule has 21 rings (SSSR count). The van der Waals surface area contributed by atoms with Crippen molar-refractivity contribution in [2.75, 3.05) is 40.5 Å². The molecule has 31 radical (unpaired) electrons. The number of fused-ring (bicyclic) bond motifs is 6. The molecule has 6 saturated carbocycles. The zero-order valence-corrected chi connectivity index (χ0v) is 77.1. The van der Waals surface area contributed by atoms with Crippen molar-refractivity contribution < 1.29 is 27.8 Å². The Bertz CT molecular complexity index is 5200. The van der Waals surface area contributed by atoms with Crippen LogP contribution in [0, 0.1) is 34.0 Å². The summed E-state index contributed by atoms with van der Waals surface area (Å²) in [6.07, 6.45) is 40.8. The molecule has 15 aliphatic rings. The number of aromatic nitrogens is 3. The van der Waals surface area contributed by atoms with Crippen molar-refractivity contribution in [3.8, 4) is 0 Å². The maximum Gasteiger partial charge on any atom is 0.136 e. The number of allylic oxidation sites excluding steroid dienone is 3. The summed E-state index contributed by atoms with van der Waals surface area (Å²) >= 11 is 0. The minimum absolute atomic E-state index is 0. The Morgan fingerprint density at radius 2 is 0.737 bits per heavy atom. The third-order valence-electron chi connectivity index (χ3n) is 36.7. The fourth-order valence-corrected chi connectivity index (χ4v) is 30.3. The molecule has 9 nitrogen and oxygen atoms in total. The number of ketones is 1. The molecule has 40 heteroatoms. The number of Topliss-reactive ketones (excluding diaryl/α,β-unsaturated/α-hetero) is 1. The first-order valence-corrected chi connectivity index (χ1v) is 48.7. The van der Waals surface area contributed by atoms with Gasteiger partial charge in [-0.3, -0.25) is 19.7 Å². The van der Waals surface area contributed by atoms with Crippen LogP contribution in [0.25, 0.3) is 32.3 Å². The molecule has 6 aromatic rings. The zero-order valence-electron chi connectivity index (χ0n) is 77.1. The van der Waals surface area contributed by atoms with Gasteiger partial charge in [-0.15, -0.1) is 0 Å². The summed E-state index contributed by atoms with van der Waals surface area (Å²) in [6.45, 7) is 8.10. The summed E-state index contributed by atoms with van der Waals surface area (Å²) in [5.41, 5.74) is 12.8. The Morgan fingerprint density at radius 1 is 0.406 bits per heavy atom. The van der Waals surface area contributed by atoms with Crippen molar-refractivity contribution in [3.05, 3.63) is 197 Å². The van der Waals surface area contributed by atoms with E-state index in [1.165, 1.54) is 128 Å². The van der Waals surface area contributed by atoms with Crippen molar-refractivity contribution in [1.29, 1.82) is 0 Å². The van der Waals surface area contributed by atoms with E-state index < -0.39 is 83.0 Å². The van der Waals surface area contributed by atoms with Gasteiger partial charge in [0.1, 0.15) is 19.1 Å². The maximum absolute atomic E-state index is 13.1. The normalized spacial score (nSPS) is 32.4. The van der Waals surface area contributed by atoms with Crippen LogP contribution < -0.4 is 0 Å². The first kappa shape index (κ1) is 103. The van der Waals surface area contributed by atoms with E-state index in [9.17, 15) is 13.6 Å². The number of alkyl halides is 2. The summed E-state index contributed by atoms with van der Waals surface area (Å²) in [5, 5.41) is 7.52. The summed E-state index contributed by atoms with van der Waals surface area (Å²) in [6, 6.07) is 28.2. The molecule has 6 aliphatic heterocycles. The topological polar surface area (TPSA) is 89.9 Å². The van der Waals surface area contributed by atoms with Crippen LogP contribution in [0.1, 0.15) is 232 Å². The summed E-state index contributed by atoms with van der Waals surface area (Å²) in [7, 11) is 95.4. The number of benzene rings is 3. The number of pyridine rings is 3. The molecule has 0 amide bonds. The van der Waals surface area contributed by atoms with Gasteiger partial charge in [0, 0.05) is 297 Å². The van der Waals surface area contributed by atoms with Crippen LogP contribution >= 0.6 is 0 Å². The monoisotopic (exact) mass is 1720 g/mol. The molecule has 9 heterocycles. The van der Waals surface area contributed by atoms with Crippen molar-refractivity contribution in [2.24, 2.45) is 34.0 Å². The molecule has 3 aromatic carbocycles. The van der Waals surface area contributed by atoms with E-state index in [2.05, 4.69) is 169 Å². The molecule has 0 N–H and O–H groups in total. The second-order valence-electron chi connectivity index (χ2n) is 43.1. The van der Waals surface area contributed by atoms with E-state index >= 15 is 0 Å². The van der Waals surface area contributed by atoms with Gasteiger partial charge in [0.15, 0.2) is 0 Å². The molecule has 6 spiro atoms. The van der Waals surface area contributed by atoms with E-state index in [0.717, 1.165) is 103 Å². The highest BCUT2D eigenvalue weighted by Crippen LogP contribution is 2.73. The van der Waals surface area contributed by atoms with E-state index in [1.54, 1.807) is 0 Å². The first-order chi connectivity index (χ1) is 62.2. The third-order valence-corrected chi connectivity index (χ3v) is 36.7. The highest BCUT2D eigenvalue weighted by molar-refractivity contribution is 8.27. The van der Waals surface area contributed by atoms with Crippen molar-refractivity contribution >= 4 is 244 Å². The van der Waals surface area contributed by atoms with Crippen LogP contribution in [0.3, 0.4) is 0 Å². The Labute approximate surface area is 822 Å². The average Bonchev–Trinajstić information content (AvgIpc) is 1.53. The van der Waals surface area contributed by atoms with E-state index in [-0.39, 0.29) is 85.5 Å². The number of carbonyl (C=O) groups is 1. The van der Waals surface area contributed by atoms with E-state index in [4.69, 9.17) is 130 Å². The SMILES string of the molecule is C.C.C.CN(CCF)[C@@H]1CCC2=CC3=CC[C@]4(C)C(c5ccc6ccncc6c5)CC[C@H]4[C@@]34CCC2(C1)O4.CN(CCF)[C@H]1CCC2=CC3=CC[C@]4(C)C(c5ccc6ccncc6c5)CC[C@H]4[C@@]34CCC2(C1)O4.C[C@]12CC=C3C=C4CCC(=O)CC45CC[C@]3(O5)[C@@H]1CCC2c1ccc2ccncc2c1.[B][B]B(B([B])[B])B(B(B([B])[B])B([B])[B])B(B(B([B])[B])B([B])[B])B(B([B])[B])B([B])[B]. The molecular weight excluding hydrogens is 1600 g/mol. The van der Waals surface area contributed by atoms with Gasteiger partial charge in [-0.1, -0.05) is 116 Å². The molecule has 17 atom stereocenters. The van der Waals surface area contributed by atoms with E-state index in [0.29, 0.717) is 79.3 Å². The lowest BCUT2D eigenvalue weighted by Gasteiger charge is -2.55. The van der Waals surface area contributed by atoms with Crippen LogP contribution in [-0.4, -0.2) is 323 Å². The first-order valence-electron chi connectivity index (χ1n) is 48.7. The zero-order chi connectivity index (χ0) is 91.7. The number of ether oxygens (including phenoxy) is 3. The van der Waals surface area contributed by atoms with Gasteiger partial charge in [-0.25, -0.2) is 8.78 Å². The Morgan fingerprint density at radius 3 is 1.07 bits per heavy atom. The van der Waals surface area contributed by atoms with E-state index in [1.807, 2.05) is 37.2 Å². The Kier molecular flexibility index (Phi) is 31.1. The number of nitrogens with zero attached hydrogens (tertiary/aromatic N) is 5. The van der Waals surface area contributed by atoms with Gasteiger partial charge in [0.05, 0.1) is 33.6 Å². The number of carbonyl (C=O) groups excluding carboxylic acids is 1. The minimum atomic E-state index is -1.03. The van der Waals surface area contributed by atoms with Crippen molar-refractivity contribution in [2.45, 2.75) is 261 Å². The largest absolute Gasteiger partial charge is 0.359 e. The lowest BCUT2D eigenvalue weighted by Crippen LogP contribution is -2.87. The summed E-state index contributed by atoms with van der Waals surface area (Å²) in [5.74, 6) is 3.62. The van der Waals surface area contributed by atoms with Crippen LogP contribution in [-0.2, 0) is 19.0 Å². The third kappa shape index (κ3) is 17.9. The lowest BCUT2D eigenvalue weighted by atomic mass is 8.32. The smallest absolute Gasteiger partial charge is 0.136 e. The highest BCUT2D eigenvalue weighted by Gasteiger charge is 2.71. The standard InChI is InChI=1S/2C31H37FN2O.C28H29NO2.3CH4.B29/c2*1-29-11-9-25-18-24-5-6-26(34(2)16-14-32)19-30(24)12-13-31(25,35-30)28(29)8-7-27(29)22-4-3-21-10-15-33-20-23(21)17-22;1-26-10-8-22-15-21-4-5-23(30)16-27(21)11-12-28(22,31-27)25(26)7-6-24(26)19-3-2-18-9-13-29-17-20(18)14-19;;;;1-16-24(17(2)3)28(25(18(4)5)19(6)7)29(26(20(8)9)21(10)11)27(22(12)13)23(14)15/h2*3-4,9-10,15,17-18,20,26-28H,5-8,11-14,16,19H2,1-2H3;2-3,8-9,13-15,17,24-25H,4-7,10-12,16H2,1H3;3*1H4;/t26-,27?,28+,29+,30?,31+;26-,27?,28-,29-,30?,31-;24?,25-,26-,27?,28-;;;;/m011..../s1. The van der Waals surface area contributed by atoms with Crippen molar-refractivity contribution in [3.63, 3.8) is 0 Å². The maximum atomic E-state index is 13.1. The van der Waals surface area contributed by atoms with Gasteiger partial charge in [0.25, 0.3) is 0 Å². The van der Waals surface area contributed by atoms with Gasteiger partial charge in [0.2, 0.25) is 0 Å². The molecule has 3 aromatic heterocycles. The number of rotatable bonds is 22. The van der Waals surface area contributed by atoms with Crippen LogP contribution in [0.4, 0.5) is 8.78 Å². The number of hydrogen-bond acceptors (Lipinski definition) is 9. The molecule has 6 bridgehead atoms. The summed E-state index contributed by atoms with van der Waals surface area (Å²) in [4.78, 5) is 29.9.